The second kappa shape index (κ2) is 4.55. The molecule has 0 atom stereocenters. The third-order valence-electron chi connectivity index (χ3n) is 1.37. The molecule has 0 aromatic heterocycles. The Morgan fingerprint density at radius 2 is 2.27 bits per heavy atom. The first-order chi connectivity index (χ1) is 5.27. The molecular weight excluding hydrogens is 240 g/mol. The van der Waals surface area contributed by atoms with Crippen LogP contribution in [0.25, 0.3) is 0 Å². The molecule has 0 N–H and O–H groups in total. The summed E-state index contributed by atoms with van der Waals surface area (Å²) in [6.45, 7) is 0. The topological polar surface area (TPSA) is 9.23 Å². The van der Waals surface area contributed by atoms with Crippen LogP contribution < -0.4 is 8.43 Å². The molecule has 1 nitrogen and oxygen atoms in total. The quantitative estimate of drug-likeness (QED) is 0.725. The van der Waals surface area contributed by atoms with Crippen molar-refractivity contribution in [3.05, 3.63) is 23.2 Å². The zero-order valence-corrected chi connectivity index (χ0v) is 9.86. The van der Waals surface area contributed by atoms with Crippen LogP contribution in [0.2, 0.25) is 5.02 Å². The second-order valence-electron chi connectivity index (χ2n) is 2.10. The molecule has 0 spiro atoms. The molecule has 11 heavy (non-hydrogen) atoms. The van der Waals surface area contributed by atoms with Gasteiger partial charge in [0.05, 0.1) is 12.1 Å². The van der Waals surface area contributed by atoms with Gasteiger partial charge >= 0.3 is 18.2 Å². The molecule has 0 radical (unpaired) electrons. The predicted octanol–water partition coefficient (Wildman–Crippen LogP) is 1.99. The molecule has 0 aliphatic carbocycles. The summed E-state index contributed by atoms with van der Waals surface area (Å²) in [5.74, 6) is 0.760. The first kappa shape index (κ1) is 9.64. The molecule has 0 amide bonds. The largest absolute Gasteiger partial charge is 0.506 e. The van der Waals surface area contributed by atoms with Crippen LogP contribution in [0.1, 0.15) is 0 Å². The lowest BCUT2D eigenvalue weighted by Crippen LogP contribution is -2.07. The zero-order valence-electron chi connectivity index (χ0n) is 6.10. The van der Waals surface area contributed by atoms with Gasteiger partial charge in [-0.05, 0) is 12.1 Å². The summed E-state index contributed by atoms with van der Waals surface area (Å²) < 4.78 is 6.35. The van der Waals surface area contributed by atoms with Crippen LogP contribution in [-0.2, 0) is 0 Å². The number of ether oxygens (including phenoxy) is 1. The van der Waals surface area contributed by atoms with E-state index >= 15 is 0 Å². The molecule has 0 heterocycles. The van der Waals surface area contributed by atoms with E-state index in [2.05, 4.69) is 12.9 Å². The number of hydrogen-bond donors (Lipinski definition) is 0. The van der Waals surface area contributed by atoms with Gasteiger partial charge < -0.3 is 4.74 Å². The van der Waals surface area contributed by atoms with E-state index in [4.69, 9.17) is 16.3 Å². The molecule has 0 saturated heterocycles. The molecule has 0 saturated carbocycles. The number of methoxy groups -OCH3 is 1. The SMILES string of the molecule is COc1c[c]([Mg][Br])ccc1Cl. The average Bonchev–Trinajstić information content (AvgIpc) is 2.05. The Bertz CT molecular complexity index is 254. The highest BCUT2D eigenvalue weighted by molar-refractivity contribution is 9.23. The maximum absolute atomic E-state index is 5.83. The summed E-state index contributed by atoms with van der Waals surface area (Å²) in [5, 5.41) is 0.672. The van der Waals surface area contributed by atoms with E-state index in [0.717, 1.165) is 5.75 Å². The molecule has 1 rings (SSSR count). The second-order valence-corrected chi connectivity index (χ2v) is 5.28. The van der Waals surface area contributed by atoms with Crippen molar-refractivity contribution >= 4 is 46.4 Å². The highest BCUT2D eigenvalue weighted by Gasteiger charge is 2.01. The summed E-state index contributed by atoms with van der Waals surface area (Å²) in [5.41, 5.74) is 0. The van der Waals surface area contributed by atoms with Crippen molar-refractivity contribution in [3.8, 4) is 5.75 Å². The zero-order chi connectivity index (χ0) is 8.27. The van der Waals surface area contributed by atoms with E-state index in [0.29, 0.717) is 5.02 Å². The van der Waals surface area contributed by atoms with Gasteiger partial charge in [0.15, 0.2) is 0 Å². The van der Waals surface area contributed by atoms with Crippen molar-refractivity contribution < 1.29 is 4.74 Å². The molecular formula is C7H6BrClMgO. The molecule has 0 fully saturated rings. The van der Waals surface area contributed by atoms with E-state index < -0.39 is 0 Å². The summed E-state index contributed by atoms with van der Waals surface area (Å²) in [6, 6.07) is 5.86. The standard InChI is InChI=1S/C7H6ClO.BrH.Mg/c1-9-7-5-3-2-4-6(7)8;;/h2,4-5H,1H3;1H;/q;;+1/p-1. The van der Waals surface area contributed by atoms with E-state index in [1.807, 2.05) is 18.2 Å². The van der Waals surface area contributed by atoms with Crippen LogP contribution in [0.4, 0.5) is 0 Å². The van der Waals surface area contributed by atoms with Gasteiger partial charge in [-0.2, -0.15) is 0 Å². The number of hydrogen-bond acceptors (Lipinski definition) is 1. The van der Waals surface area contributed by atoms with Crippen LogP contribution in [0.5, 0.6) is 5.75 Å². The Hall–Kier alpha value is 0.556. The van der Waals surface area contributed by atoms with Crippen molar-refractivity contribution in [1.29, 1.82) is 0 Å². The third-order valence-corrected chi connectivity index (χ3v) is 4.37. The lowest BCUT2D eigenvalue weighted by molar-refractivity contribution is 0.415. The number of benzene rings is 1. The van der Waals surface area contributed by atoms with Crippen molar-refractivity contribution in [2.24, 2.45) is 0 Å². The maximum atomic E-state index is 5.83. The van der Waals surface area contributed by atoms with Gasteiger partial charge in [-0.25, -0.2) is 0 Å². The van der Waals surface area contributed by atoms with Gasteiger partial charge in [-0.3, -0.25) is 12.9 Å². The molecule has 1 aromatic rings. The minimum atomic E-state index is -0.282. The Kier molecular flexibility index (Phi) is 3.99. The summed E-state index contributed by atoms with van der Waals surface area (Å²) in [4.78, 5) is 0. The van der Waals surface area contributed by atoms with E-state index in [1.165, 1.54) is 3.69 Å². The van der Waals surface area contributed by atoms with Crippen LogP contribution in [0.3, 0.4) is 0 Å². The molecule has 0 aliphatic rings. The van der Waals surface area contributed by atoms with Crippen LogP contribution >= 0.6 is 24.5 Å². The maximum Gasteiger partial charge on any atom is 0.506 e. The first-order valence-electron chi connectivity index (χ1n) is 3.16. The van der Waals surface area contributed by atoms with E-state index in [9.17, 15) is 0 Å². The van der Waals surface area contributed by atoms with Crippen molar-refractivity contribution in [3.63, 3.8) is 0 Å². The third kappa shape index (κ3) is 2.51. The predicted molar refractivity (Wildman–Crippen MR) is 52.3 cm³/mol. The highest BCUT2D eigenvalue weighted by Crippen LogP contribution is 2.21. The monoisotopic (exact) mass is 244 g/mol. The minimum absolute atomic E-state index is 0.282. The van der Waals surface area contributed by atoms with Crippen molar-refractivity contribution in [2.45, 2.75) is 0 Å². The Balaban J connectivity index is 3.02. The van der Waals surface area contributed by atoms with Gasteiger partial charge in [0.1, 0.15) is 5.75 Å². The van der Waals surface area contributed by atoms with Gasteiger partial charge in [-0.1, -0.05) is 17.7 Å². The fraction of sp³-hybridized carbons (Fsp3) is 0.143. The fourth-order valence-corrected chi connectivity index (χ4v) is 2.50. The summed E-state index contributed by atoms with van der Waals surface area (Å²) >= 11 is 9.03. The van der Waals surface area contributed by atoms with Crippen LogP contribution in [0, 0.1) is 0 Å². The van der Waals surface area contributed by atoms with Gasteiger partial charge in [0.25, 0.3) is 0 Å². The first-order valence-corrected chi connectivity index (χ1v) is 8.14. The lowest BCUT2D eigenvalue weighted by atomic mass is 10.3. The van der Waals surface area contributed by atoms with Gasteiger partial charge in [-0.15, -0.1) is 3.69 Å². The number of rotatable bonds is 2. The smallest absolute Gasteiger partial charge is 0.495 e. The Labute approximate surface area is 86.7 Å². The molecule has 0 bridgehead atoms. The summed E-state index contributed by atoms with van der Waals surface area (Å²) in [7, 11) is 1.63. The fourth-order valence-electron chi connectivity index (χ4n) is 0.787. The van der Waals surface area contributed by atoms with Crippen LogP contribution in [-0.4, -0.2) is 25.3 Å². The molecule has 4 heteroatoms. The minimum Gasteiger partial charge on any atom is -0.495 e. The summed E-state index contributed by atoms with van der Waals surface area (Å²) in [6.07, 6.45) is 0. The normalized spacial score (nSPS) is 9.00. The molecule has 56 valence electrons. The van der Waals surface area contributed by atoms with E-state index in [1.54, 1.807) is 7.11 Å². The Morgan fingerprint density at radius 1 is 1.55 bits per heavy atom. The average molecular weight is 246 g/mol. The van der Waals surface area contributed by atoms with Gasteiger partial charge in [0, 0.05) is 0 Å². The lowest BCUT2D eigenvalue weighted by Gasteiger charge is -2.03. The van der Waals surface area contributed by atoms with Crippen LogP contribution in [0.15, 0.2) is 18.2 Å². The van der Waals surface area contributed by atoms with Crippen molar-refractivity contribution in [2.75, 3.05) is 7.11 Å². The number of halogens is 2. The van der Waals surface area contributed by atoms with Crippen molar-refractivity contribution in [1.82, 2.24) is 0 Å². The highest BCUT2D eigenvalue weighted by atomic mass is 79.9. The molecule has 0 aliphatic heterocycles. The van der Waals surface area contributed by atoms with E-state index in [-0.39, 0.29) is 18.2 Å². The van der Waals surface area contributed by atoms with Gasteiger partial charge in [0.2, 0.25) is 0 Å². The Morgan fingerprint density at radius 3 is 2.82 bits per heavy atom. The molecule has 0 unspecified atom stereocenters. The molecule has 1 aromatic carbocycles.